The summed E-state index contributed by atoms with van der Waals surface area (Å²) in [6.45, 7) is 10.5. The van der Waals surface area contributed by atoms with Gasteiger partial charge >= 0.3 is 0 Å². The second kappa shape index (κ2) is 6.56. The molecule has 1 atom stereocenters. The van der Waals surface area contributed by atoms with Crippen molar-refractivity contribution >= 4 is 17.7 Å². The minimum atomic E-state index is -0.252. The fourth-order valence-corrected chi connectivity index (χ4v) is 2.84. The van der Waals surface area contributed by atoms with Crippen LogP contribution in [0.5, 0.6) is 0 Å². The summed E-state index contributed by atoms with van der Waals surface area (Å²) in [6, 6.07) is 3.66. The Bertz CT molecular complexity index is 629. The molecule has 7 heteroatoms. The molecule has 1 N–H and O–H groups in total. The predicted octanol–water partition coefficient (Wildman–Crippen LogP) is 2.95. The van der Waals surface area contributed by atoms with E-state index in [2.05, 4.69) is 15.5 Å². The SMILES string of the molecule is CCn1c(SC(C)C(=O)NC(C)(C)C)nnc1-c1ccco1. The molecular weight excluding hydrogens is 300 g/mol. The number of hydrogen-bond acceptors (Lipinski definition) is 5. The van der Waals surface area contributed by atoms with E-state index in [0.717, 1.165) is 0 Å². The molecule has 2 rings (SSSR count). The highest BCUT2D eigenvalue weighted by Crippen LogP contribution is 2.27. The van der Waals surface area contributed by atoms with E-state index in [-0.39, 0.29) is 16.7 Å². The average molecular weight is 322 g/mol. The third kappa shape index (κ3) is 3.91. The number of carbonyl (C=O) groups is 1. The number of carbonyl (C=O) groups excluding carboxylic acids is 1. The number of nitrogens with zero attached hydrogens (tertiary/aromatic N) is 3. The van der Waals surface area contributed by atoms with Gasteiger partial charge in [0.2, 0.25) is 5.91 Å². The lowest BCUT2D eigenvalue weighted by Crippen LogP contribution is -2.44. The molecule has 0 aliphatic carbocycles. The number of aromatic nitrogens is 3. The molecule has 2 aromatic rings. The maximum absolute atomic E-state index is 12.2. The van der Waals surface area contributed by atoms with E-state index in [1.165, 1.54) is 11.8 Å². The Morgan fingerprint density at radius 3 is 2.73 bits per heavy atom. The van der Waals surface area contributed by atoms with Crippen LogP contribution in [0.3, 0.4) is 0 Å². The van der Waals surface area contributed by atoms with Crippen molar-refractivity contribution in [2.45, 2.75) is 57.1 Å². The fraction of sp³-hybridized carbons (Fsp3) is 0.533. The summed E-state index contributed by atoms with van der Waals surface area (Å²) in [7, 11) is 0. The first-order valence-corrected chi connectivity index (χ1v) is 8.15. The molecule has 0 fully saturated rings. The van der Waals surface area contributed by atoms with Crippen molar-refractivity contribution in [3.05, 3.63) is 18.4 Å². The number of hydrogen-bond donors (Lipinski definition) is 1. The van der Waals surface area contributed by atoms with Gasteiger partial charge in [-0.05, 0) is 46.8 Å². The lowest BCUT2D eigenvalue weighted by atomic mass is 10.1. The third-order valence-electron chi connectivity index (χ3n) is 2.92. The average Bonchev–Trinajstić information content (AvgIpc) is 3.04. The molecule has 2 aromatic heterocycles. The smallest absolute Gasteiger partial charge is 0.233 e. The van der Waals surface area contributed by atoms with Gasteiger partial charge in [0.15, 0.2) is 16.7 Å². The summed E-state index contributed by atoms with van der Waals surface area (Å²) in [5.41, 5.74) is -0.246. The van der Waals surface area contributed by atoms with Gasteiger partial charge in [0.25, 0.3) is 0 Å². The lowest BCUT2D eigenvalue weighted by molar-refractivity contribution is -0.121. The first-order chi connectivity index (χ1) is 10.3. The van der Waals surface area contributed by atoms with Crippen LogP contribution in [-0.4, -0.2) is 31.5 Å². The molecular formula is C15H22N4O2S. The molecule has 0 bridgehead atoms. The number of amides is 1. The molecule has 0 saturated heterocycles. The van der Waals surface area contributed by atoms with Crippen LogP contribution in [0.1, 0.15) is 34.6 Å². The minimum Gasteiger partial charge on any atom is -0.461 e. The summed E-state index contributed by atoms with van der Waals surface area (Å²) in [5.74, 6) is 1.34. The first-order valence-electron chi connectivity index (χ1n) is 7.27. The zero-order chi connectivity index (χ0) is 16.3. The second-order valence-electron chi connectivity index (χ2n) is 6.03. The zero-order valence-electron chi connectivity index (χ0n) is 13.6. The third-order valence-corrected chi connectivity index (χ3v) is 4.00. The molecule has 0 saturated carbocycles. The van der Waals surface area contributed by atoms with Crippen molar-refractivity contribution in [2.75, 3.05) is 0 Å². The van der Waals surface area contributed by atoms with E-state index in [4.69, 9.17) is 4.42 Å². The van der Waals surface area contributed by atoms with Crippen molar-refractivity contribution in [2.24, 2.45) is 0 Å². The molecule has 0 aliphatic rings. The number of nitrogens with one attached hydrogen (secondary N) is 1. The Hall–Kier alpha value is -1.76. The van der Waals surface area contributed by atoms with Gasteiger partial charge in [0.05, 0.1) is 11.5 Å². The maximum Gasteiger partial charge on any atom is 0.233 e. The summed E-state index contributed by atoms with van der Waals surface area (Å²) < 4.78 is 7.33. The highest BCUT2D eigenvalue weighted by atomic mass is 32.2. The Kier molecular flexibility index (Phi) is 4.95. The standard InChI is InChI=1S/C15H22N4O2S/c1-6-19-12(11-8-7-9-21-11)17-18-14(19)22-10(2)13(20)16-15(3,4)5/h7-10H,6H2,1-5H3,(H,16,20). The predicted molar refractivity (Wildman–Crippen MR) is 86.6 cm³/mol. The normalized spacial score (nSPS) is 13.1. The summed E-state index contributed by atoms with van der Waals surface area (Å²) in [4.78, 5) is 12.2. The topological polar surface area (TPSA) is 73.0 Å². The minimum absolute atomic E-state index is 0.0114. The largest absolute Gasteiger partial charge is 0.461 e. The van der Waals surface area contributed by atoms with Gasteiger partial charge in [-0.25, -0.2) is 0 Å². The van der Waals surface area contributed by atoms with Crippen LogP contribution in [0.25, 0.3) is 11.6 Å². The Labute approximate surface area is 134 Å². The molecule has 0 aliphatic heterocycles. The quantitative estimate of drug-likeness (QED) is 0.857. The Morgan fingerprint density at radius 1 is 1.45 bits per heavy atom. The van der Waals surface area contributed by atoms with Crippen molar-refractivity contribution in [3.8, 4) is 11.6 Å². The fourth-order valence-electron chi connectivity index (χ4n) is 1.93. The van der Waals surface area contributed by atoms with E-state index < -0.39 is 0 Å². The van der Waals surface area contributed by atoms with Gasteiger partial charge in [0.1, 0.15) is 0 Å². The molecule has 0 radical (unpaired) electrons. The van der Waals surface area contributed by atoms with Crippen molar-refractivity contribution in [1.82, 2.24) is 20.1 Å². The molecule has 0 spiro atoms. The van der Waals surface area contributed by atoms with E-state index in [0.29, 0.717) is 23.3 Å². The van der Waals surface area contributed by atoms with Gasteiger partial charge in [-0.3, -0.25) is 9.36 Å². The van der Waals surface area contributed by atoms with Crippen LogP contribution >= 0.6 is 11.8 Å². The van der Waals surface area contributed by atoms with Crippen LogP contribution in [0, 0.1) is 0 Å². The van der Waals surface area contributed by atoms with Crippen molar-refractivity contribution in [3.63, 3.8) is 0 Å². The van der Waals surface area contributed by atoms with Gasteiger partial charge in [-0.1, -0.05) is 11.8 Å². The van der Waals surface area contributed by atoms with Gasteiger partial charge in [-0.15, -0.1) is 10.2 Å². The monoisotopic (exact) mass is 322 g/mol. The first kappa shape index (κ1) is 16.6. The van der Waals surface area contributed by atoms with E-state index >= 15 is 0 Å². The molecule has 120 valence electrons. The second-order valence-corrected chi connectivity index (χ2v) is 7.34. The highest BCUT2D eigenvalue weighted by Gasteiger charge is 2.23. The van der Waals surface area contributed by atoms with Gasteiger partial charge in [0, 0.05) is 12.1 Å². The summed E-state index contributed by atoms with van der Waals surface area (Å²) >= 11 is 1.40. The Morgan fingerprint density at radius 2 is 2.18 bits per heavy atom. The number of rotatable bonds is 5. The van der Waals surface area contributed by atoms with Gasteiger partial charge < -0.3 is 9.73 Å². The molecule has 2 heterocycles. The van der Waals surface area contributed by atoms with Crippen LogP contribution in [0.2, 0.25) is 0 Å². The van der Waals surface area contributed by atoms with Crippen LogP contribution in [0.4, 0.5) is 0 Å². The summed E-state index contributed by atoms with van der Waals surface area (Å²) in [5, 5.41) is 11.8. The van der Waals surface area contributed by atoms with E-state index in [1.807, 2.05) is 51.3 Å². The summed E-state index contributed by atoms with van der Waals surface area (Å²) in [6.07, 6.45) is 1.61. The zero-order valence-corrected chi connectivity index (χ0v) is 14.4. The number of thioether (sulfide) groups is 1. The molecule has 0 aromatic carbocycles. The van der Waals surface area contributed by atoms with Crippen molar-refractivity contribution in [1.29, 1.82) is 0 Å². The molecule has 1 unspecified atom stereocenters. The molecule has 6 nitrogen and oxygen atoms in total. The van der Waals surface area contributed by atoms with Crippen LogP contribution < -0.4 is 5.32 Å². The van der Waals surface area contributed by atoms with Crippen LogP contribution in [0.15, 0.2) is 28.0 Å². The van der Waals surface area contributed by atoms with Crippen LogP contribution in [-0.2, 0) is 11.3 Å². The van der Waals surface area contributed by atoms with E-state index in [1.54, 1.807) is 6.26 Å². The van der Waals surface area contributed by atoms with E-state index in [9.17, 15) is 4.79 Å². The van der Waals surface area contributed by atoms with Crippen molar-refractivity contribution < 1.29 is 9.21 Å². The lowest BCUT2D eigenvalue weighted by Gasteiger charge is -2.22. The number of furan rings is 1. The maximum atomic E-state index is 12.2. The molecule has 1 amide bonds. The Balaban J connectivity index is 2.15. The van der Waals surface area contributed by atoms with Gasteiger partial charge in [-0.2, -0.15) is 0 Å². The highest BCUT2D eigenvalue weighted by molar-refractivity contribution is 8.00. The molecule has 22 heavy (non-hydrogen) atoms.